The molecule has 0 bridgehead atoms. The zero-order valence-electron chi connectivity index (χ0n) is 23.1. The van der Waals surface area contributed by atoms with Crippen LogP contribution in [-0.2, 0) is 27.1 Å². The first-order valence-corrected chi connectivity index (χ1v) is 12.3. The van der Waals surface area contributed by atoms with Crippen LogP contribution >= 0.6 is 0 Å². The van der Waals surface area contributed by atoms with Crippen molar-refractivity contribution in [3.8, 4) is 0 Å². The Hall–Kier alpha value is -3.73. The van der Waals surface area contributed by atoms with Crippen molar-refractivity contribution in [2.24, 2.45) is 0 Å². The maximum absolute atomic E-state index is 13.5. The fourth-order valence-electron chi connectivity index (χ4n) is 3.10. The van der Waals surface area contributed by atoms with E-state index in [0.717, 1.165) is 0 Å². The maximum atomic E-state index is 13.5. The Morgan fingerprint density at radius 3 is 1.56 bits per heavy atom. The largest absolute Gasteiger partial charge is 0.480 e. The van der Waals surface area contributed by atoms with Crippen LogP contribution in [0.5, 0.6) is 0 Å². The number of rotatable bonds is 8. The zero-order chi connectivity index (χ0) is 29.8. The number of carboxylic acids is 1. The van der Waals surface area contributed by atoms with Crippen molar-refractivity contribution in [1.29, 1.82) is 0 Å². The molecule has 0 radical (unpaired) electrons. The van der Waals surface area contributed by atoms with Gasteiger partial charge in [-0.2, -0.15) is 0 Å². The highest BCUT2D eigenvalue weighted by molar-refractivity contribution is 5.80. The van der Waals surface area contributed by atoms with E-state index in [1.54, 1.807) is 65.8 Å². The molecular weight excluding hydrogens is 514 g/mol. The summed E-state index contributed by atoms with van der Waals surface area (Å²) in [5.41, 5.74) is -0.679. The second-order valence-electron chi connectivity index (χ2n) is 10.7. The van der Waals surface area contributed by atoms with E-state index >= 15 is 0 Å². The van der Waals surface area contributed by atoms with Gasteiger partial charge in [0.25, 0.3) is 0 Å². The minimum Gasteiger partial charge on any atom is -0.480 e. The van der Waals surface area contributed by atoms with Crippen molar-refractivity contribution in [3.63, 3.8) is 0 Å². The normalized spacial score (nSPS) is 12.7. The molecule has 0 spiro atoms. The molecule has 2 atom stereocenters. The van der Waals surface area contributed by atoms with Crippen LogP contribution in [0.15, 0.2) is 48.5 Å². The molecule has 0 aliphatic rings. The van der Waals surface area contributed by atoms with Crippen molar-refractivity contribution >= 4 is 18.2 Å². The number of carbonyl (C=O) groups excluding carboxylic acids is 2. The molecule has 2 amide bonds. The number of ether oxygens (including phenoxy) is 2. The Labute approximate surface area is 227 Å². The van der Waals surface area contributed by atoms with E-state index in [0.29, 0.717) is 5.56 Å². The number of hydrogen-bond acceptors (Lipinski definition) is 6. The van der Waals surface area contributed by atoms with Crippen LogP contribution in [0, 0.1) is 11.6 Å². The number of nitrogens with one attached hydrogen (secondary N) is 2. The molecule has 0 saturated heterocycles. The number of amides is 2. The van der Waals surface area contributed by atoms with Gasteiger partial charge in [-0.05, 0) is 71.2 Å². The van der Waals surface area contributed by atoms with E-state index in [1.165, 1.54) is 24.3 Å². The Morgan fingerprint density at radius 1 is 0.769 bits per heavy atom. The first kappa shape index (κ1) is 33.3. The lowest BCUT2D eigenvalue weighted by Crippen LogP contribution is -2.44. The van der Waals surface area contributed by atoms with E-state index in [-0.39, 0.29) is 30.8 Å². The summed E-state index contributed by atoms with van der Waals surface area (Å²) >= 11 is 0. The molecule has 0 unspecified atom stereocenters. The van der Waals surface area contributed by atoms with Gasteiger partial charge < -0.3 is 30.3 Å². The molecule has 39 heavy (non-hydrogen) atoms. The van der Waals surface area contributed by atoms with E-state index in [9.17, 15) is 28.3 Å². The smallest absolute Gasteiger partial charge is 0.408 e. The molecule has 0 fully saturated rings. The molecule has 0 saturated carbocycles. The zero-order valence-corrected chi connectivity index (χ0v) is 23.1. The lowest BCUT2D eigenvalue weighted by molar-refractivity contribution is -0.139. The van der Waals surface area contributed by atoms with Gasteiger partial charge in [0.05, 0.1) is 12.6 Å². The monoisotopic (exact) mass is 552 g/mol. The summed E-state index contributed by atoms with van der Waals surface area (Å²) in [6.45, 7) is 9.96. The van der Waals surface area contributed by atoms with E-state index in [1.807, 2.05) is 0 Å². The quantitative estimate of drug-likeness (QED) is 0.376. The number of aliphatic hydroxyl groups is 1. The predicted molar refractivity (Wildman–Crippen MR) is 141 cm³/mol. The van der Waals surface area contributed by atoms with Gasteiger partial charge in [-0.1, -0.05) is 36.4 Å². The van der Waals surface area contributed by atoms with Gasteiger partial charge in [-0.25, -0.2) is 23.2 Å². The number of alkyl carbamates (subject to hydrolysis) is 2. The van der Waals surface area contributed by atoms with Crippen LogP contribution in [0.3, 0.4) is 0 Å². The molecule has 216 valence electrons. The Bertz CT molecular complexity index is 1100. The molecule has 0 aromatic heterocycles. The van der Waals surface area contributed by atoms with Crippen LogP contribution in [0.4, 0.5) is 18.4 Å². The highest BCUT2D eigenvalue weighted by Gasteiger charge is 2.25. The SMILES string of the molecule is CC(C)(C)OC(=O)N[C@@H](CO)Cc1ccccc1F.CC(C)(C)OC(=O)N[C@H](Cc1ccccc1F)C(=O)O. The summed E-state index contributed by atoms with van der Waals surface area (Å²) in [4.78, 5) is 34.2. The van der Waals surface area contributed by atoms with Gasteiger partial charge >= 0.3 is 18.2 Å². The molecule has 4 N–H and O–H groups in total. The van der Waals surface area contributed by atoms with Crippen molar-refractivity contribution in [2.45, 2.75) is 77.7 Å². The summed E-state index contributed by atoms with van der Waals surface area (Å²) in [5, 5.41) is 23.1. The van der Waals surface area contributed by atoms with Gasteiger partial charge in [-0.3, -0.25) is 0 Å². The topological polar surface area (TPSA) is 134 Å². The first-order chi connectivity index (χ1) is 18.0. The Kier molecular flexibility index (Phi) is 12.8. The van der Waals surface area contributed by atoms with Crippen LogP contribution < -0.4 is 10.6 Å². The number of aliphatic hydroxyl groups excluding tert-OH is 1. The van der Waals surface area contributed by atoms with Crippen molar-refractivity contribution in [1.82, 2.24) is 10.6 Å². The summed E-state index contributed by atoms with van der Waals surface area (Å²) in [7, 11) is 0. The molecule has 2 aromatic carbocycles. The third-order valence-electron chi connectivity index (χ3n) is 4.74. The second kappa shape index (κ2) is 15.0. The first-order valence-electron chi connectivity index (χ1n) is 12.3. The van der Waals surface area contributed by atoms with Crippen LogP contribution in [0.2, 0.25) is 0 Å². The molecule has 2 aromatic rings. The molecular formula is C28H38F2N2O7. The molecule has 11 heteroatoms. The average molecular weight is 553 g/mol. The van der Waals surface area contributed by atoms with Crippen molar-refractivity contribution in [3.05, 3.63) is 71.3 Å². The lowest BCUT2D eigenvalue weighted by atomic mass is 10.1. The fourth-order valence-corrected chi connectivity index (χ4v) is 3.10. The van der Waals surface area contributed by atoms with Crippen molar-refractivity contribution in [2.75, 3.05) is 6.61 Å². The van der Waals surface area contributed by atoms with Crippen LogP contribution in [0.1, 0.15) is 52.7 Å². The van der Waals surface area contributed by atoms with E-state index in [4.69, 9.17) is 14.6 Å². The third kappa shape index (κ3) is 14.1. The molecule has 0 aliphatic carbocycles. The minimum atomic E-state index is -1.25. The number of carbonyl (C=O) groups is 3. The fraction of sp³-hybridized carbons (Fsp3) is 0.464. The van der Waals surface area contributed by atoms with Gasteiger partial charge in [0, 0.05) is 6.42 Å². The molecule has 0 aliphatic heterocycles. The maximum Gasteiger partial charge on any atom is 0.408 e. The Balaban J connectivity index is 0.000000391. The number of halogens is 2. The van der Waals surface area contributed by atoms with Gasteiger partial charge in [-0.15, -0.1) is 0 Å². The third-order valence-corrected chi connectivity index (χ3v) is 4.74. The van der Waals surface area contributed by atoms with E-state index < -0.39 is 47.3 Å². The standard InChI is InChI=1S/C14H18FNO4.C14H20FNO3/c1-14(2,3)20-13(19)16-11(12(17)18)8-9-6-4-5-7-10(9)15;1-14(2,3)19-13(18)16-11(9-17)8-10-6-4-5-7-12(10)15/h4-7,11H,8H2,1-3H3,(H,16,19)(H,17,18);4-7,11,17H,8-9H2,1-3H3,(H,16,18)/t2*11-/m11/s1. The highest BCUT2D eigenvalue weighted by Crippen LogP contribution is 2.12. The molecule has 0 heterocycles. The average Bonchev–Trinajstić information content (AvgIpc) is 2.79. The van der Waals surface area contributed by atoms with Crippen LogP contribution in [0.25, 0.3) is 0 Å². The van der Waals surface area contributed by atoms with Gasteiger partial charge in [0.15, 0.2) is 0 Å². The summed E-state index contributed by atoms with van der Waals surface area (Å²) in [6.07, 6.45) is -1.41. The predicted octanol–water partition coefficient (Wildman–Crippen LogP) is 4.60. The minimum absolute atomic E-state index is 0.152. The van der Waals surface area contributed by atoms with Crippen molar-refractivity contribution < 1.29 is 42.9 Å². The lowest BCUT2D eigenvalue weighted by Gasteiger charge is -2.22. The highest BCUT2D eigenvalue weighted by atomic mass is 19.1. The van der Waals surface area contributed by atoms with E-state index in [2.05, 4.69) is 10.6 Å². The number of carboxylic acid groups (broad SMARTS) is 1. The number of aliphatic carboxylic acids is 1. The van der Waals surface area contributed by atoms with Gasteiger partial charge in [0.2, 0.25) is 0 Å². The number of benzene rings is 2. The summed E-state index contributed by atoms with van der Waals surface area (Å²) < 4.78 is 37.0. The second-order valence-corrected chi connectivity index (χ2v) is 10.7. The van der Waals surface area contributed by atoms with Crippen LogP contribution in [-0.4, -0.2) is 58.3 Å². The molecule has 2 rings (SSSR count). The van der Waals surface area contributed by atoms with Gasteiger partial charge in [0.1, 0.15) is 28.9 Å². The molecule has 9 nitrogen and oxygen atoms in total. The Morgan fingerprint density at radius 2 is 1.18 bits per heavy atom. The summed E-state index contributed by atoms with van der Waals surface area (Å²) in [5.74, 6) is -2.12. The summed E-state index contributed by atoms with van der Waals surface area (Å²) in [6, 6.07) is 10.3. The number of hydrogen-bond donors (Lipinski definition) is 4.